The zero-order valence-corrected chi connectivity index (χ0v) is 11.8. The maximum atomic E-state index is 13.5. The Kier molecular flexibility index (Phi) is 5.15. The quantitative estimate of drug-likeness (QED) is 0.829. The topological polar surface area (TPSA) is 32.3 Å². The van der Waals surface area contributed by atoms with E-state index < -0.39 is 35.4 Å². The minimum atomic E-state index is -1.10. The molecule has 0 aliphatic carbocycles. The second-order valence-electron chi connectivity index (χ2n) is 5.02. The van der Waals surface area contributed by atoms with Gasteiger partial charge >= 0.3 is 0 Å². The molecule has 2 unspecified atom stereocenters. The molecule has 22 heavy (non-hydrogen) atoms. The molecule has 2 aromatic rings. The molecule has 2 N–H and O–H groups in total. The molecule has 2 nitrogen and oxygen atoms in total. The number of nitrogens with one attached hydrogen (secondary N) is 1. The van der Waals surface area contributed by atoms with Gasteiger partial charge < -0.3 is 10.4 Å². The fourth-order valence-corrected chi connectivity index (χ4v) is 2.03. The summed E-state index contributed by atoms with van der Waals surface area (Å²) in [5, 5.41) is 13.0. The second-order valence-corrected chi connectivity index (χ2v) is 5.02. The van der Waals surface area contributed by atoms with Gasteiger partial charge in [0.1, 0.15) is 11.6 Å². The zero-order chi connectivity index (χ0) is 16.3. The summed E-state index contributed by atoms with van der Waals surface area (Å²) in [6.45, 7) is 1.68. The van der Waals surface area contributed by atoms with Crippen LogP contribution in [0, 0.1) is 23.3 Å². The maximum Gasteiger partial charge on any atom is 0.159 e. The van der Waals surface area contributed by atoms with Gasteiger partial charge in [-0.2, -0.15) is 0 Å². The van der Waals surface area contributed by atoms with Crippen LogP contribution in [-0.4, -0.2) is 11.1 Å². The van der Waals surface area contributed by atoms with Crippen LogP contribution in [0.15, 0.2) is 36.4 Å². The third-order valence-corrected chi connectivity index (χ3v) is 3.39. The van der Waals surface area contributed by atoms with Gasteiger partial charge in [-0.3, -0.25) is 0 Å². The Morgan fingerprint density at radius 2 is 1.68 bits per heavy atom. The highest BCUT2D eigenvalue weighted by atomic mass is 19.2. The molecule has 0 spiro atoms. The van der Waals surface area contributed by atoms with Crippen LogP contribution >= 0.6 is 0 Å². The molecule has 0 amide bonds. The zero-order valence-electron chi connectivity index (χ0n) is 11.8. The lowest BCUT2D eigenvalue weighted by molar-refractivity contribution is 0.134. The van der Waals surface area contributed by atoms with Gasteiger partial charge in [-0.05, 0) is 30.7 Å². The van der Waals surface area contributed by atoms with Crippen molar-refractivity contribution in [3.05, 3.63) is 70.8 Å². The number of halogens is 4. The van der Waals surface area contributed by atoms with E-state index in [-0.39, 0.29) is 17.7 Å². The van der Waals surface area contributed by atoms with Crippen molar-refractivity contribution >= 4 is 0 Å². The van der Waals surface area contributed by atoms with Crippen LogP contribution in [0.5, 0.6) is 0 Å². The molecule has 0 aliphatic rings. The molecule has 2 rings (SSSR count). The Balaban J connectivity index is 2.01. The number of aliphatic hydroxyl groups excluding tert-OH is 1. The van der Waals surface area contributed by atoms with Crippen molar-refractivity contribution in [2.75, 3.05) is 0 Å². The Bertz CT molecular complexity index is 663. The summed E-state index contributed by atoms with van der Waals surface area (Å²) < 4.78 is 52.3. The summed E-state index contributed by atoms with van der Waals surface area (Å²) in [5.41, 5.74) is 0.448. The minimum absolute atomic E-state index is 0.0635. The number of hydrogen-bond acceptors (Lipinski definition) is 2. The van der Waals surface area contributed by atoms with Gasteiger partial charge in [0.05, 0.1) is 6.10 Å². The Labute approximate surface area is 125 Å². The average Bonchev–Trinajstić information content (AvgIpc) is 2.48. The molecule has 0 heterocycles. The Morgan fingerprint density at radius 3 is 2.32 bits per heavy atom. The SMILES string of the molecule is CC(NCc1ccc(F)cc1F)C(O)c1ccc(F)c(F)c1. The van der Waals surface area contributed by atoms with Crippen LogP contribution in [0.25, 0.3) is 0 Å². The van der Waals surface area contributed by atoms with Crippen molar-refractivity contribution in [2.45, 2.75) is 25.6 Å². The molecule has 0 radical (unpaired) electrons. The van der Waals surface area contributed by atoms with Gasteiger partial charge in [-0.25, -0.2) is 17.6 Å². The molecule has 0 fully saturated rings. The Morgan fingerprint density at radius 1 is 0.955 bits per heavy atom. The standard InChI is InChI=1S/C16H15F4NO/c1-9(16(22)10-3-5-13(18)15(20)6-10)21-8-11-2-4-12(17)7-14(11)19/h2-7,9,16,21-22H,8H2,1H3. The van der Waals surface area contributed by atoms with Crippen molar-refractivity contribution < 1.29 is 22.7 Å². The van der Waals surface area contributed by atoms with Crippen molar-refractivity contribution in [1.82, 2.24) is 5.32 Å². The summed E-state index contributed by atoms with van der Waals surface area (Å²) in [7, 11) is 0. The lowest BCUT2D eigenvalue weighted by Crippen LogP contribution is -2.32. The number of benzene rings is 2. The molecule has 0 aromatic heterocycles. The third kappa shape index (κ3) is 3.84. The normalized spacial score (nSPS) is 13.9. The van der Waals surface area contributed by atoms with E-state index in [0.717, 1.165) is 24.3 Å². The van der Waals surface area contributed by atoms with E-state index in [2.05, 4.69) is 5.32 Å². The summed E-state index contributed by atoms with van der Waals surface area (Å²) in [5.74, 6) is -3.41. The van der Waals surface area contributed by atoms with Crippen LogP contribution in [0.4, 0.5) is 17.6 Å². The molecule has 0 aliphatic heterocycles. The molecule has 6 heteroatoms. The molecule has 0 saturated heterocycles. The molecule has 0 bridgehead atoms. The van der Waals surface area contributed by atoms with Gasteiger partial charge in [-0.15, -0.1) is 0 Å². The molecular weight excluding hydrogens is 298 g/mol. The number of aliphatic hydroxyl groups is 1. The summed E-state index contributed by atoms with van der Waals surface area (Å²) >= 11 is 0. The molecular formula is C16H15F4NO. The van der Waals surface area contributed by atoms with Crippen molar-refractivity contribution in [3.8, 4) is 0 Å². The van der Waals surface area contributed by atoms with E-state index in [1.807, 2.05) is 0 Å². The highest BCUT2D eigenvalue weighted by molar-refractivity contribution is 5.22. The van der Waals surface area contributed by atoms with Crippen LogP contribution in [0.1, 0.15) is 24.2 Å². The first kappa shape index (κ1) is 16.5. The van der Waals surface area contributed by atoms with Crippen LogP contribution in [-0.2, 0) is 6.54 Å². The predicted octanol–water partition coefficient (Wildman–Crippen LogP) is 3.45. The maximum absolute atomic E-state index is 13.5. The first-order valence-corrected chi connectivity index (χ1v) is 6.69. The van der Waals surface area contributed by atoms with E-state index in [1.165, 1.54) is 12.1 Å². The van der Waals surface area contributed by atoms with Crippen molar-refractivity contribution in [3.63, 3.8) is 0 Å². The second kappa shape index (κ2) is 6.89. The molecule has 118 valence electrons. The smallest absolute Gasteiger partial charge is 0.159 e. The lowest BCUT2D eigenvalue weighted by Gasteiger charge is -2.21. The fraction of sp³-hybridized carbons (Fsp3) is 0.250. The van der Waals surface area contributed by atoms with Crippen molar-refractivity contribution in [1.29, 1.82) is 0 Å². The van der Waals surface area contributed by atoms with E-state index in [4.69, 9.17) is 0 Å². The molecule has 0 saturated carbocycles. The summed E-state index contributed by atoms with van der Waals surface area (Å²) in [4.78, 5) is 0. The van der Waals surface area contributed by atoms with Crippen LogP contribution in [0.3, 0.4) is 0 Å². The summed E-state index contributed by atoms with van der Waals surface area (Å²) in [6.07, 6.45) is -1.10. The monoisotopic (exact) mass is 313 g/mol. The van der Waals surface area contributed by atoms with E-state index in [0.29, 0.717) is 0 Å². The minimum Gasteiger partial charge on any atom is -0.387 e. The van der Waals surface area contributed by atoms with Gasteiger partial charge in [-0.1, -0.05) is 12.1 Å². The largest absolute Gasteiger partial charge is 0.387 e. The highest BCUT2D eigenvalue weighted by Gasteiger charge is 2.18. The highest BCUT2D eigenvalue weighted by Crippen LogP contribution is 2.20. The predicted molar refractivity (Wildman–Crippen MR) is 74.0 cm³/mol. The van der Waals surface area contributed by atoms with E-state index in [1.54, 1.807) is 6.92 Å². The third-order valence-electron chi connectivity index (χ3n) is 3.39. The van der Waals surface area contributed by atoms with Crippen LogP contribution < -0.4 is 5.32 Å². The number of rotatable bonds is 5. The average molecular weight is 313 g/mol. The number of hydrogen-bond donors (Lipinski definition) is 2. The van der Waals surface area contributed by atoms with Crippen LogP contribution in [0.2, 0.25) is 0 Å². The summed E-state index contributed by atoms with van der Waals surface area (Å²) in [6, 6.07) is 5.78. The first-order chi connectivity index (χ1) is 10.4. The van der Waals surface area contributed by atoms with Gasteiger partial charge in [0.25, 0.3) is 0 Å². The van der Waals surface area contributed by atoms with Crippen molar-refractivity contribution in [2.24, 2.45) is 0 Å². The Hall–Kier alpha value is -1.92. The molecule has 2 atom stereocenters. The van der Waals surface area contributed by atoms with E-state index >= 15 is 0 Å². The molecule has 2 aromatic carbocycles. The fourth-order valence-electron chi connectivity index (χ4n) is 2.03. The van der Waals surface area contributed by atoms with Gasteiger partial charge in [0.15, 0.2) is 11.6 Å². The first-order valence-electron chi connectivity index (χ1n) is 6.69. The van der Waals surface area contributed by atoms with E-state index in [9.17, 15) is 22.7 Å². The lowest BCUT2D eigenvalue weighted by atomic mass is 10.0. The van der Waals surface area contributed by atoms with Gasteiger partial charge in [0.2, 0.25) is 0 Å². The van der Waals surface area contributed by atoms with Gasteiger partial charge in [0, 0.05) is 24.2 Å².